The number of aliphatic hydroxyl groups is 1. The normalized spacial score (nSPS) is 11.8. The van der Waals surface area contributed by atoms with E-state index < -0.39 is 6.10 Å². The maximum absolute atomic E-state index is 12.0. The molecule has 118 valence electrons. The van der Waals surface area contributed by atoms with Gasteiger partial charge in [0.1, 0.15) is 11.9 Å². The zero-order chi connectivity index (χ0) is 15.9. The summed E-state index contributed by atoms with van der Waals surface area (Å²) in [4.78, 5) is 14.0. The van der Waals surface area contributed by atoms with Crippen molar-refractivity contribution in [1.82, 2.24) is 5.32 Å². The lowest BCUT2D eigenvalue weighted by atomic mass is 10.2. The van der Waals surface area contributed by atoms with E-state index in [4.69, 9.17) is 4.42 Å². The average molecular weight is 303 g/mol. The lowest BCUT2D eigenvalue weighted by Crippen LogP contribution is -2.33. The molecule has 0 aliphatic rings. The van der Waals surface area contributed by atoms with Gasteiger partial charge in [0.2, 0.25) is 0 Å². The molecule has 1 atom stereocenters. The van der Waals surface area contributed by atoms with Crippen LogP contribution < -0.4 is 15.5 Å². The Morgan fingerprint density at radius 2 is 2.09 bits per heavy atom. The quantitative estimate of drug-likeness (QED) is 0.766. The van der Waals surface area contributed by atoms with Gasteiger partial charge in [-0.2, -0.15) is 0 Å². The molecule has 22 heavy (non-hydrogen) atoms. The van der Waals surface area contributed by atoms with Crippen molar-refractivity contribution in [1.29, 1.82) is 0 Å². The Bertz CT molecular complexity index is 598. The SMILES string of the molecule is CCN(C)c1ccccc1NC(=O)NCC(O)c1ccco1. The number of carbonyl (C=O) groups excluding carboxylic acids is 1. The summed E-state index contributed by atoms with van der Waals surface area (Å²) in [6.07, 6.45) is 0.615. The molecule has 6 heteroatoms. The highest BCUT2D eigenvalue weighted by Crippen LogP contribution is 2.24. The fourth-order valence-corrected chi connectivity index (χ4v) is 2.02. The number of aliphatic hydroxyl groups excluding tert-OH is 1. The summed E-state index contributed by atoms with van der Waals surface area (Å²) < 4.78 is 5.08. The number of benzene rings is 1. The number of para-hydroxylation sites is 2. The molecule has 0 aliphatic heterocycles. The smallest absolute Gasteiger partial charge is 0.319 e. The largest absolute Gasteiger partial charge is 0.467 e. The van der Waals surface area contributed by atoms with Gasteiger partial charge in [-0.3, -0.25) is 0 Å². The summed E-state index contributed by atoms with van der Waals surface area (Å²) in [6.45, 7) is 2.94. The van der Waals surface area contributed by atoms with Crippen LogP contribution in [0.2, 0.25) is 0 Å². The van der Waals surface area contributed by atoms with Gasteiger partial charge >= 0.3 is 6.03 Å². The molecule has 0 radical (unpaired) electrons. The second-order valence-electron chi connectivity index (χ2n) is 4.90. The lowest BCUT2D eigenvalue weighted by molar-refractivity contribution is 0.149. The lowest BCUT2D eigenvalue weighted by Gasteiger charge is -2.21. The zero-order valence-corrected chi connectivity index (χ0v) is 12.7. The van der Waals surface area contributed by atoms with Crippen LogP contribution in [0.1, 0.15) is 18.8 Å². The number of nitrogens with one attached hydrogen (secondary N) is 2. The van der Waals surface area contributed by atoms with Crippen molar-refractivity contribution in [2.45, 2.75) is 13.0 Å². The highest BCUT2D eigenvalue weighted by molar-refractivity contribution is 5.93. The molecule has 2 rings (SSSR count). The van der Waals surface area contributed by atoms with E-state index in [2.05, 4.69) is 10.6 Å². The summed E-state index contributed by atoms with van der Waals surface area (Å²) in [7, 11) is 1.96. The fourth-order valence-electron chi connectivity index (χ4n) is 2.02. The molecule has 0 saturated heterocycles. The molecule has 6 nitrogen and oxygen atoms in total. The number of anilines is 2. The van der Waals surface area contributed by atoms with Gasteiger partial charge in [0, 0.05) is 13.6 Å². The first-order valence-corrected chi connectivity index (χ1v) is 7.18. The molecule has 1 unspecified atom stereocenters. The monoisotopic (exact) mass is 303 g/mol. The van der Waals surface area contributed by atoms with Gasteiger partial charge < -0.3 is 25.1 Å². The number of hydrogen-bond acceptors (Lipinski definition) is 4. The second kappa shape index (κ2) is 7.51. The van der Waals surface area contributed by atoms with E-state index in [0.29, 0.717) is 5.76 Å². The number of urea groups is 1. The third-order valence-corrected chi connectivity index (χ3v) is 3.37. The van der Waals surface area contributed by atoms with E-state index >= 15 is 0 Å². The minimum Gasteiger partial charge on any atom is -0.467 e. The summed E-state index contributed by atoms with van der Waals surface area (Å²) in [5.74, 6) is 0.423. The van der Waals surface area contributed by atoms with Crippen molar-refractivity contribution in [3.05, 3.63) is 48.4 Å². The van der Waals surface area contributed by atoms with Crippen LogP contribution in [-0.4, -0.2) is 31.3 Å². The first-order chi connectivity index (χ1) is 10.6. The molecule has 2 amide bonds. The van der Waals surface area contributed by atoms with E-state index in [-0.39, 0.29) is 12.6 Å². The first kappa shape index (κ1) is 15.9. The van der Waals surface area contributed by atoms with Gasteiger partial charge in [-0.25, -0.2) is 4.79 Å². The molecular weight excluding hydrogens is 282 g/mol. The van der Waals surface area contributed by atoms with Crippen LogP contribution in [0.15, 0.2) is 47.1 Å². The van der Waals surface area contributed by atoms with Gasteiger partial charge in [0.25, 0.3) is 0 Å². The zero-order valence-electron chi connectivity index (χ0n) is 12.7. The predicted molar refractivity (Wildman–Crippen MR) is 86.1 cm³/mol. The minimum atomic E-state index is -0.866. The number of carbonyl (C=O) groups is 1. The van der Waals surface area contributed by atoms with Crippen LogP contribution in [0.5, 0.6) is 0 Å². The topological polar surface area (TPSA) is 77.7 Å². The predicted octanol–water partition coefficient (Wildman–Crippen LogP) is 2.59. The van der Waals surface area contributed by atoms with Crippen LogP contribution in [-0.2, 0) is 0 Å². The van der Waals surface area contributed by atoms with E-state index in [0.717, 1.165) is 17.9 Å². The van der Waals surface area contributed by atoms with E-state index in [1.165, 1.54) is 6.26 Å². The highest BCUT2D eigenvalue weighted by Gasteiger charge is 2.13. The number of nitrogens with zero attached hydrogens (tertiary/aromatic N) is 1. The Balaban J connectivity index is 1.92. The molecule has 1 aromatic heterocycles. The van der Waals surface area contributed by atoms with Crippen LogP contribution in [0, 0.1) is 0 Å². The number of furan rings is 1. The Labute approximate surface area is 129 Å². The van der Waals surface area contributed by atoms with Crippen molar-refractivity contribution in [3.8, 4) is 0 Å². The van der Waals surface area contributed by atoms with Crippen LogP contribution in [0.25, 0.3) is 0 Å². The Morgan fingerprint density at radius 1 is 1.32 bits per heavy atom. The van der Waals surface area contributed by atoms with Crippen molar-refractivity contribution in [2.75, 3.05) is 30.4 Å². The highest BCUT2D eigenvalue weighted by atomic mass is 16.4. The minimum absolute atomic E-state index is 0.0745. The molecule has 1 aromatic carbocycles. The molecule has 1 heterocycles. The van der Waals surface area contributed by atoms with Gasteiger partial charge in [-0.1, -0.05) is 12.1 Å². The standard InChI is InChI=1S/C16H21N3O3/c1-3-19(2)13-8-5-4-7-12(13)18-16(21)17-11-14(20)15-9-6-10-22-15/h4-10,14,20H,3,11H2,1-2H3,(H2,17,18,21). The van der Waals surface area contributed by atoms with E-state index in [1.54, 1.807) is 12.1 Å². The molecule has 0 saturated carbocycles. The third kappa shape index (κ3) is 4.02. The van der Waals surface area contributed by atoms with Gasteiger partial charge in [-0.05, 0) is 31.2 Å². The van der Waals surface area contributed by atoms with Gasteiger partial charge in [0.15, 0.2) is 0 Å². The van der Waals surface area contributed by atoms with Crippen molar-refractivity contribution >= 4 is 17.4 Å². The van der Waals surface area contributed by atoms with Gasteiger partial charge in [-0.15, -0.1) is 0 Å². The number of rotatable bonds is 6. The molecule has 0 bridgehead atoms. The maximum Gasteiger partial charge on any atom is 0.319 e. The first-order valence-electron chi connectivity index (χ1n) is 7.18. The number of amides is 2. The third-order valence-electron chi connectivity index (χ3n) is 3.37. The Morgan fingerprint density at radius 3 is 2.77 bits per heavy atom. The molecule has 0 spiro atoms. The summed E-state index contributed by atoms with van der Waals surface area (Å²) in [6, 6.07) is 10.5. The maximum atomic E-state index is 12.0. The molecular formula is C16H21N3O3. The van der Waals surface area contributed by atoms with Crippen molar-refractivity contribution < 1.29 is 14.3 Å². The summed E-state index contributed by atoms with van der Waals surface area (Å²) in [5.41, 5.74) is 1.66. The molecule has 2 aromatic rings. The molecule has 0 aliphatic carbocycles. The van der Waals surface area contributed by atoms with Gasteiger partial charge in [0.05, 0.1) is 24.2 Å². The summed E-state index contributed by atoms with van der Waals surface area (Å²) in [5, 5.41) is 15.3. The van der Waals surface area contributed by atoms with E-state index in [9.17, 15) is 9.90 Å². The Kier molecular flexibility index (Phi) is 5.43. The van der Waals surface area contributed by atoms with E-state index in [1.807, 2.05) is 43.1 Å². The fraction of sp³-hybridized carbons (Fsp3) is 0.312. The Hall–Kier alpha value is -2.47. The van der Waals surface area contributed by atoms with Crippen LogP contribution in [0.3, 0.4) is 0 Å². The van der Waals surface area contributed by atoms with Crippen LogP contribution >= 0.6 is 0 Å². The summed E-state index contributed by atoms with van der Waals surface area (Å²) >= 11 is 0. The average Bonchev–Trinajstić information content (AvgIpc) is 3.07. The molecule has 3 N–H and O–H groups in total. The second-order valence-corrected chi connectivity index (χ2v) is 4.90. The van der Waals surface area contributed by atoms with Crippen LogP contribution in [0.4, 0.5) is 16.2 Å². The van der Waals surface area contributed by atoms with Crippen molar-refractivity contribution in [2.24, 2.45) is 0 Å². The number of hydrogen-bond donors (Lipinski definition) is 3. The molecule has 0 fully saturated rings. The van der Waals surface area contributed by atoms with Crippen molar-refractivity contribution in [3.63, 3.8) is 0 Å².